The topological polar surface area (TPSA) is 82.6 Å². The van der Waals surface area contributed by atoms with Gasteiger partial charge in [0, 0.05) is 18.4 Å². The van der Waals surface area contributed by atoms with E-state index >= 15 is 0 Å². The van der Waals surface area contributed by atoms with Gasteiger partial charge in [0.15, 0.2) is 5.82 Å². The van der Waals surface area contributed by atoms with E-state index in [9.17, 15) is 13.2 Å². The summed E-state index contributed by atoms with van der Waals surface area (Å²) < 4.78 is 27.5. The molecule has 0 saturated heterocycles. The van der Waals surface area contributed by atoms with Crippen LogP contribution in [-0.2, 0) is 21.2 Å². The number of fused-ring (bicyclic) bond motifs is 1. The van der Waals surface area contributed by atoms with E-state index < -0.39 is 10.0 Å². The van der Waals surface area contributed by atoms with Crippen LogP contribution in [0, 0.1) is 6.92 Å². The van der Waals surface area contributed by atoms with Crippen LogP contribution in [0.1, 0.15) is 11.1 Å². The van der Waals surface area contributed by atoms with Crippen molar-refractivity contribution in [1.29, 1.82) is 0 Å². The summed E-state index contributed by atoms with van der Waals surface area (Å²) in [7, 11) is -3.84. The highest BCUT2D eigenvalue weighted by molar-refractivity contribution is 7.89. The lowest BCUT2D eigenvalue weighted by Gasteiger charge is -2.36. The van der Waals surface area contributed by atoms with Crippen molar-refractivity contribution in [3.8, 4) is 0 Å². The highest BCUT2D eigenvalue weighted by Crippen LogP contribution is 2.35. The van der Waals surface area contributed by atoms with Gasteiger partial charge in [-0.25, -0.2) is 13.4 Å². The first-order valence-corrected chi connectivity index (χ1v) is 11.5. The third-order valence-corrected chi connectivity index (χ3v) is 6.97. The quantitative estimate of drug-likeness (QED) is 0.643. The maximum Gasteiger partial charge on any atom is 0.248 e. The summed E-state index contributed by atoms with van der Waals surface area (Å²) in [6.45, 7) is 2.19. The van der Waals surface area contributed by atoms with Crippen LogP contribution in [-0.4, -0.2) is 43.4 Å². The normalized spacial score (nSPS) is 15.3. The summed E-state index contributed by atoms with van der Waals surface area (Å²) in [4.78, 5) is 18.8. The Morgan fingerprint density at radius 1 is 1.03 bits per heavy atom. The molecule has 1 aromatic heterocycles. The molecule has 7 nitrogen and oxygen atoms in total. The van der Waals surface area contributed by atoms with Crippen molar-refractivity contribution < 1.29 is 13.2 Å². The molecule has 2 heterocycles. The number of nitrogens with zero attached hydrogens (tertiary/aromatic N) is 3. The van der Waals surface area contributed by atoms with E-state index in [1.165, 1.54) is 10.4 Å². The number of hydrogen-bond acceptors (Lipinski definition) is 5. The second kappa shape index (κ2) is 8.87. The maximum atomic E-state index is 13.1. The summed E-state index contributed by atoms with van der Waals surface area (Å²) >= 11 is 0. The zero-order chi connectivity index (χ0) is 21.8. The van der Waals surface area contributed by atoms with Gasteiger partial charge in [-0.15, -0.1) is 0 Å². The number of amides is 1. The lowest BCUT2D eigenvalue weighted by molar-refractivity contribution is -0.121. The van der Waals surface area contributed by atoms with E-state index in [0.717, 1.165) is 16.8 Å². The lowest BCUT2D eigenvalue weighted by Crippen LogP contribution is -2.49. The Hall–Kier alpha value is -3.23. The zero-order valence-electron chi connectivity index (χ0n) is 17.2. The third-order valence-electron chi connectivity index (χ3n) is 5.17. The number of aromatic nitrogens is 1. The minimum Gasteiger partial charge on any atom is -0.355 e. The molecule has 1 amide bonds. The molecule has 0 spiro atoms. The molecule has 160 valence electrons. The molecule has 0 atom stereocenters. The SMILES string of the molecule is Cc1ccc(N2CN(CC(=O)NCCc3ccccc3)S(=O)(=O)c3cccnc32)cc1. The van der Waals surface area contributed by atoms with Crippen LogP contribution in [0.15, 0.2) is 77.8 Å². The summed E-state index contributed by atoms with van der Waals surface area (Å²) in [5.41, 5.74) is 3.03. The van der Waals surface area contributed by atoms with Crippen molar-refractivity contribution >= 4 is 27.4 Å². The van der Waals surface area contributed by atoms with Crippen LogP contribution in [0.3, 0.4) is 0 Å². The van der Waals surface area contributed by atoms with Gasteiger partial charge in [-0.3, -0.25) is 4.79 Å². The average Bonchev–Trinajstić information content (AvgIpc) is 2.77. The van der Waals surface area contributed by atoms with Crippen molar-refractivity contribution in [3.63, 3.8) is 0 Å². The zero-order valence-corrected chi connectivity index (χ0v) is 18.0. The molecule has 0 saturated carbocycles. The number of anilines is 2. The van der Waals surface area contributed by atoms with E-state index in [-0.39, 0.29) is 24.0 Å². The van der Waals surface area contributed by atoms with Gasteiger partial charge in [-0.05, 0) is 43.2 Å². The van der Waals surface area contributed by atoms with Crippen molar-refractivity contribution in [2.24, 2.45) is 0 Å². The van der Waals surface area contributed by atoms with Gasteiger partial charge in [0.1, 0.15) is 4.90 Å². The van der Waals surface area contributed by atoms with E-state index in [4.69, 9.17) is 0 Å². The molecule has 8 heteroatoms. The number of pyridine rings is 1. The molecule has 31 heavy (non-hydrogen) atoms. The highest BCUT2D eigenvalue weighted by Gasteiger charge is 2.37. The summed E-state index contributed by atoms with van der Waals surface area (Å²) in [5.74, 6) is 0.0304. The maximum absolute atomic E-state index is 13.1. The molecular formula is C23H24N4O3S. The fourth-order valence-electron chi connectivity index (χ4n) is 3.50. The molecule has 0 radical (unpaired) electrons. The smallest absolute Gasteiger partial charge is 0.248 e. The van der Waals surface area contributed by atoms with Crippen molar-refractivity contribution in [2.45, 2.75) is 18.2 Å². The van der Waals surface area contributed by atoms with Crippen LogP contribution < -0.4 is 10.2 Å². The van der Waals surface area contributed by atoms with Crippen LogP contribution >= 0.6 is 0 Å². The average molecular weight is 437 g/mol. The Morgan fingerprint density at radius 3 is 2.52 bits per heavy atom. The molecule has 1 aliphatic heterocycles. The van der Waals surface area contributed by atoms with Crippen LogP contribution in [0.4, 0.5) is 11.5 Å². The summed E-state index contributed by atoms with van der Waals surface area (Å²) in [5, 5.41) is 2.82. The Bertz CT molecular complexity index is 1160. The van der Waals surface area contributed by atoms with Crippen molar-refractivity contribution in [1.82, 2.24) is 14.6 Å². The molecule has 3 aromatic rings. The van der Waals surface area contributed by atoms with Gasteiger partial charge in [0.2, 0.25) is 15.9 Å². The number of rotatable bonds is 6. The number of benzene rings is 2. The number of aryl methyl sites for hydroxylation is 1. The minimum atomic E-state index is -3.84. The van der Waals surface area contributed by atoms with Crippen molar-refractivity contribution in [3.05, 3.63) is 84.1 Å². The van der Waals surface area contributed by atoms with E-state index in [0.29, 0.717) is 18.8 Å². The Labute approximate surface area is 182 Å². The van der Waals surface area contributed by atoms with E-state index in [1.807, 2.05) is 66.4 Å². The molecule has 1 N–H and O–H groups in total. The number of hydrogen-bond donors (Lipinski definition) is 1. The molecule has 4 rings (SSSR count). The summed E-state index contributed by atoms with van der Waals surface area (Å²) in [6, 6.07) is 20.7. The van der Waals surface area contributed by atoms with E-state index in [2.05, 4.69) is 10.3 Å². The van der Waals surface area contributed by atoms with Gasteiger partial charge >= 0.3 is 0 Å². The Morgan fingerprint density at radius 2 is 1.77 bits per heavy atom. The van der Waals surface area contributed by atoms with Gasteiger partial charge in [0.05, 0.1) is 13.2 Å². The predicted molar refractivity (Wildman–Crippen MR) is 119 cm³/mol. The van der Waals surface area contributed by atoms with Gasteiger partial charge < -0.3 is 10.2 Å². The van der Waals surface area contributed by atoms with Gasteiger partial charge in [-0.2, -0.15) is 4.31 Å². The molecular weight excluding hydrogens is 412 g/mol. The standard InChI is InChI=1S/C23H24N4O3S/c1-18-9-11-20(12-10-18)27-17-26(31(29,30)21-8-5-14-25-23(21)27)16-22(28)24-15-13-19-6-3-2-4-7-19/h2-12,14H,13,15-17H2,1H3,(H,24,28). The lowest BCUT2D eigenvalue weighted by atomic mass is 10.1. The van der Waals surface area contributed by atoms with E-state index in [1.54, 1.807) is 12.3 Å². The van der Waals surface area contributed by atoms with Gasteiger partial charge in [-0.1, -0.05) is 48.0 Å². The molecule has 0 aliphatic carbocycles. The molecule has 0 fully saturated rings. The molecule has 0 bridgehead atoms. The first-order chi connectivity index (χ1) is 14.9. The van der Waals surface area contributed by atoms with Crippen LogP contribution in [0.2, 0.25) is 0 Å². The fraction of sp³-hybridized carbons (Fsp3) is 0.217. The van der Waals surface area contributed by atoms with Crippen molar-refractivity contribution in [2.75, 3.05) is 24.7 Å². The summed E-state index contributed by atoms with van der Waals surface area (Å²) in [6.07, 6.45) is 2.25. The molecule has 0 unspecified atom stereocenters. The van der Waals surface area contributed by atoms with Crippen LogP contribution in [0.5, 0.6) is 0 Å². The first kappa shape index (κ1) is 21.0. The second-order valence-electron chi connectivity index (χ2n) is 7.43. The first-order valence-electron chi connectivity index (χ1n) is 10.0. The Balaban J connectivity index is 1.52. The monoisotopic (exact) mass is 436 g/mol. The predicted octanol–water partition coefficient (Wildman–Crippen LogP) is 2.85. The molecule has 2 aromatic carbocycles. The second-order valence-corrected chi connectivity index (χ2v) is 9.34. The highest BCUT2D eigenvalue weighted by atomic mass is 32.2. The number of carbonyl (C=O) groups is 1. The fourth-order valence-corrected chi connectivity index (χ4v) is 4.97. The number of carbonyl (C=O) groups excluding carboxylic acids is 1. The largest absolute Gasteiger partial charge is 0.355 e. The van der Waals surface area contributed by atoms with Gasteiger partial charge in [0.25, 0.3) is 0 Å². The third kappa shape index (κ3) is 4.60. The minimum absolute atomic E-state index is 0.0154. The number of nitrogens with one attached hydrogen (secondary N) is 1. The van der Waals surface area contributed by atoms with Crippen LogP contribution in [0.25, 0.3) is 0 Å². The Kier molecular flexibility index (Phi) is 6.01. The number of sulfonamides is 1. The molecule has 1 aliphatic rings.